The molecule has 1 aromatic rings. The van der Waals surface area contributed by atoms with E-state index in [9.17, 15) is 4.79 Å². The molecule has 0 bridgehead atoms. The first-order valence-corrected chi connectivity index (χ1v) is 7.55. The molecule has 1 saturated carbocycles. The van der Waals surface area contributed by atoms with Crippen LogP contribution in [-0.4, -0.2) is 22.9 Å². The molecular weight excluding hydrogens is 248 g/mol. The molecule has 2 unspecified atom stereocenters. The zero-order chi connectivity index (χ0) is 14.8. The molecule has 0 aliphatic heterocycles. The van der Waals surface area contributed by atoms with Gasteiger partial charge < -0.3 is 10.6 Å². The minimum Gasteiger partial charge on any atom is -0.335 e. The van der Waals surface area contributed by atoms with Crippen molar-refractivity contribution < 1.29 is 4.79 Å². The van der Waals surface area contributed by atoms with E-state index in [1.165, 1.54) is 5.56 Å². The monoisotopic (exact) mass is 274 g/mol. The van der Waals surface area contributed by atoms with Crippen molar-refractivity contribution in [3.8, 4) is 0 Å². The van der Waals surface area contributed by atoms with Crippen LogP contribution in [0.3, 0.4) is 0 Å². The molecule has 110 valence electrons. The van der Waals surface area contributed by atoms with E-state index in [-0.39, 0.29) is 23.4 Å². The molecule has 1 amide bonds. The molecule has 0 radical (unpaired) electrons. The zero-order valence-corrected chi connectivity index (χ0v) is 12.8. The highest BCUT2D eigenvalue weighted by Gasteiger charge is 2.45. The topological polar surface area (TPSA) is 46.3 Å². The summed E-state index contributed by atoms with van der Waals surface area (Å²) < 4.78 is 0. The van der Waals surface area contributed by atoms with Gasteiger partial charge in [-0.05, 0) is 39.2 Å². The van der Waals surface area contributed by atoms with Gasteiger partial charge in [0.05, 0.1) is 5.41 Å². The molecule has 20 heavy (non-hydrogen) atoms. The SMILES string of the molecule is CC(C)N(Cc1ccccc1)C(=O)C1(C)CCCC1N. The zero-order valence-electron chi connectivity index (χ0n) is 12.8. The van der Waals surface area contributed by atoms with Crippen molar-refractivity contribution in [2.45, 2.75) is 58.7 Å². The number of nitrogens with two attached hydrogens (primary N) is 1. The van der Waals surface area contributed by atoms with Gasteiger partial charge in [-0.15, -0.1) is 0 Å². The van der Waals surface area contributed by atoms with Gasteiger partial charge in [0.2, 0.25) is 5.91 Å². The Hall–Kier alpha value is -1.35. The highest BCUT2D eigenvalue weighted by Crippen LogP contribution is 2.39. The summed E-state index contributed by atoms with van der Waals surface area (Å²) in [5.74, 6) is 0.210. The molecule has 3 heteroatoms. The number of amides is 1. The van der Waals surface area contributed by atoms with Crippen LogP contribution in [0.4, 0.5) is 0 Å². The summed E-state index contributed by atoms with van der Waals surface area (Å²) in [7, 11) is 0. The lowest BCUT2D eigenvalue weighted by Gasteiger charge is -2.37. The van der Waals surface area contributed by atoms with Crippen LogP contribution in [-0.2, 0) is 11.3 Å². The van der Waals surface area contributed by atoms with E-state index in [1.807, 2.05) is 30.0 Å². The van der Waals surface area contributed by atoms with E-state index in [2.05, 4.69) is 26.0 Å². The number of carbonyl (C=O) groups is 1. The van der Waals surface area contributed by atoms with Crippen LogP contribution in [0, 0.1) is 5.41 Å². The lowest BCUT2D eigenvalue weighted by molar-refractivity contribution is -0.144. The number of benzene rings is 1. The number of carbonyl (C=O) groups excluding carboxylic acids is 1. The number of hydrogen-bond donors (Lipinski definition) is 1. The third kappa shape index (κ3) is 2.88. The van der Waals surface area contributed by atoms with Crippen LogP contribution >= 0.6 is 0 Å². The second-order valence-electron chi connectivity index (χ2n) is 6.43. The first-order valence-electron chi connectivity index (χ1n) is 7.55. The summed E-state index contributed by atoms with van der Waals surface area (Å²) in [4.78, 5) is 14.9. The Bertz CT molecular complexity index is 457. The Balaban J connectivity index is 2.19. The largest absolute Gasteiger partial charge is 0.335 e. The summed E-state index contributed by atoms with van der Waals surface area (Å²) in [6.45, 7) is 6.85. The third-order valence-corrected chi connectivity index (χ3v) is 4.60. The standard InChI is InChI=1S/C17H26N2O/c1-13(2)19(12-14-8-5-4-6-9-14)16(20)17(3)11-7-10-15(17)18/h4-6,8-9,13,15H,7,10-12,18H2,1-3H3. The first kappa shape index (κ1) is 15.0. The van der Waals surface area contributed by atoms with Crippen LogP contribution in [0.2, 0.25) is 0 Å². The van der Waals surface area contributed by atoms with Gasteiger partial charge in [-0.25, -0.2) is 0 Å². The maximum atomic E-state index is 13.0. The molecule has 0 heterocycles. The number of hydrogen-bond acceptors (Lipinski definition) is 2. The fourth-order valence-corrected chi connectivity index (χ4v) is 3.06. The summed E-state index contributed by atoms with van der Waals surface area (Å²) in [5.41, 5.74) is 6.98. The Morgan fingerprint density at radius 3 is 2.55 bits per heavy atom. The second-order valence-corrected chi connectivity index (χ2v) is 6.43. The van der Waals surface area contributed by atoms with Crippen molar-refractivity contribution in [2.75, 3.05) is 0 Å². The van der Waals surface area contributed by atoms with Crippen molar-refractivity contribution in [2.24, 2.45) is 11.1 Å². The van der Waals surface area contributed by atoms with Crippen LogP contribution in [0.15, 0.2) is 30.3 Å². The molecule has 1 aliphatic carbocycles. The lowest BCUT2D eigenvalue weighted by Crippen LogP contribution is -2.51. The van der Waals surface area contributed by atoms with Crippen molar-refractivity contribution in [3.63, 3.8) is 0 Å². The van der Waals surface area contributed by atoms with Crippen LogP contribution in [0.1, 0.15) is 45.6 Å². The van der Waals surface area contributed by atoms with Gasteiger partial charge >= 0.3 is 0 Å². The van der Waals surface area contributed by atoms with Crippen molar-refractivity contribution in [3.05, 3.63) is 35.9 Å². The third-order valence-electron chi connectivity index (χ3n) is 4.60. The van der Waals surface area contributed by atoms with Gasteiger partial charge in [-0.1, -0.05) is 36.8 Å². The molecule has 1 fully saturated rings. The highest BCUT2D eigenvalue weighted by molar-refractivity contribution is 5.83. The van der Waals surface area contributed by atoms with Crippen LogP contribution < -0.4 is 5.73 Å². The maximum absolute atomic E-state index is 13.0. The van der Waals surface area contributed by atoms with Crippen LogP contribution in [0.25, 0.3) is 0 Å². The van der Waals surface area contributed by atoms with Gasteiger partial charge in [0, 0.05) is 18.6 Å². The maximum Gasteiger partial charge on any atom is 0.230 e. The molecule has 1 aliphatic rings. The summed E-state index contributed by atoms with van der Waals surface area (Å²) in [5, 5.41) is 0. The Morgan fingerprint density at radius 1 is 1.40 bits per heavy atom. The minimum absolute atomic E-state index is 0.00739. The fourth-order valence-electron chi connectivity index (χ4n) is 3.06. The van der Waals surface area contributed by atoms with E-state index in [4.69, 9.17) is 5.73 Å². The van der Waals surface area contributed by atoms with Gasteiger partial charge in [0.1, 0.15) is 0 Å². The van der Waals surface area contributed by atoms with Crippen molar-refractivity contribution in [1.82, 2.24) is 4.90 Å². The smallest absolute Gasteiger partial charge is 0.230 e. The molecule has 2 N–H and O–H groups in total. The quantitative estimate of drug-likeness (QED) is 0.917. The molecular formula is C17H26N2O. The van der Waals surface area contributed by atoms with E-state index >= 15 is 0 Å². The summed E-state index contributed by atoms with van der Waals surface area (Å²) in [6.07, 6.45) is 2.92. The second kappa shape index (κ2) is 5.96. The van der Waals surface area contributed by atoms with E-state index in [1.54, 1.807) is 0 Å². The Labute approximate surface area is 122 Å². The van der Waals surface area contributed by atoms with E-state index in [0.29, 0.717) is 6.54 Å². The van der Waals surface area contributed by atoms with Crippen molar-refractivity contribution >= 4 is 5.91 Å². The molecule has 2 rings (SSSR count). The van der Waals surface area contributed by atoms with Gasteiger partial charge in [-0.2, -0.15) is 0 Å². The predicted molar refractivity (Wildman–Crippen MR) is 82.1 cm³/mol. The van der Waals surface area contributed by atoms with Crippen molar-refractivity contribution in [1.29, 1.82) is 0 Å². The van der Waals surface area contributed by atoms with E-state index in [0.717, 1.165) is 19.3 Å². The fraction of sp³-hybridized carbons (Fsp3) is 0.588. The average molecular weight is 274 g/mol. The molecule has 1 aromatic carbocycles. The molecule has 2 atom stereocenters. The minimum atomic E-state index is -0.390. The normalized spacial score (nSPS) is 25.9. The lowest BCUT2D eigenvalue weighted by atomic mass is 9.83. The average Bonchev–Trinajstić information content (AvgIpc) is 2.77. The molecule has 0 spiro atoms. The Kier molecular flexibility index (Phi) is 4.48. The number of nitrogens with zero attached hydrogens (tertiary/aromatic N) is 1. The van der Waals surface area contributed by atoms with Gasteiger partial charge in [0.15, 0.2) is 0 Å². The highest BCUT2D eigenvalue weighted by atomic mass is 16.2. The molecule has 0 aromatic heterocycles. The molecule has 3 nitrogen and oxygen atoms in total. The Morgan fingerprint density at radius 2 is 2.05 bits per heavy atom. The van der Waals surface area contributed by atoms with Crippen LogP contribution in [0.5, 0.6) is 0 Å². The summed E-state index contributed by atoms with van der Waals surface area (Å²) in [6, 6.07) is 10.3. The molecule has 0 saturated heterocycles. The first-order chi connectivity index (χ1) is 9.45. The predicted octanol–water partition coefficient (Wildman–Crippen LogP) is 2.94. The van der Waals surface area contributed by atoms with E-state index < -0.39 is 0 Å². The number of rotatable bonds is 4. The van der Waals surface area contributed by atoms with Gasteiger partial charge in [-0.3, -0.25) is 4.79 Å². The van der Waals surface area contributed by atoms with Gasteiger partial charge in [0.25, 0.3) is 0 Å². The summed E-state index contributed by atoms with van der Waals surface area (Å²) >= 11 is 0.